The summed E-state index contributed by atoms with van der Waals surface area (Å²) in [7, 11) is 0. The topological polar surface area (TPSA) is 77.0 Å². The molecule has 116 valence electrons. The summed E-state index contributed by atoms with van der Waals surface area (Å²) < 4.78 is 12.9. The van der Waals surface area contributed by atoms with Gasteiger partial charge in [-0.3, -0.25) is 4.79 Å². The van der Waals surface area contributed by atoms with Crippen LogP contribution in [0.25, 0.3) is 5.69 Å². The second-order valence-corrected chi connectivity index (χ2v) is 5.38. The number of halogens is 1. The number of hydrogen-bond donors (Lipinski definition) is 1. The molecule has 2 heterocycles. The van der Waals surface area contributed by atoms with E-state index in [2.05, 4.69) is 10.2 Å². The van der Waals surface area contributed by atoms with Crippen molar-refractivity contribution >= 4 is 5.91 Å². The van der Waals surface area contributed by atoms with Gasteiger partial charge in [-0.25, -0.2) is 4.39 Å². The predicted molar refractivity (Wildman–Crippen MR) is 79.0 cm³/mol. The maximum Gasteiger partial charge on any atom is 0.276 e. The van der Waals surface area contributed by atoms with Crippen molar-refractivity contribution in [2.24, 2.45) is 5.73 Å². The molecule has 0 aliphatic carbocycles. The number of carbonyl (C=O) groups excluding carboxylic acids is 1. The molecule has 1 aromatic carbocycles. The normalized spacial score (nSPS) is 18.5. The molecule has 3 rings (SSSR count). The molecule has 1 aromatic heterocycles. The van der Waals surface area contributed by atoms with E-state index in [1.807, 2.05) is 0 Å². The van der Waals surface area contributed by atoms with Crippen LogP contribution in [0.4, 0.5) is 4.39 Å². The standard InChI is InChI=1S/C15H18FN5O/c16-11-4-6-12(7-5-11)21-18-10-14(19-21)15(22)20-8-2-1-3-13(20)9-17/h4-7,10,13H,1-3,8-9,17H2/t13-/m0/s1. The minimum atomic E-state index is -0.327. The number of carbonyl (C=O) groups is 1. The number of piperidine rings is 1. The van der Waals surface area contributed by atoms with Gasteiger partial charge in [0, 0.05) is 19.1 Å². The Morgan fingerprint density at radius 2 is 2.09 bits per heavy atom. The summed E-state index contributed by atoms with van der Waals surface area (Å²) >= 11 is 0. The van der Waals surface area contributed by atoms with Crippen molar-refractivity contribution in [2.45, 2.75) is 25.3 Å². The fourth-order valence-corrected chi connectivity index (χ4v) is 2.72. The van der Waals surface area contributed by atoms with Crippen molar-refractivity contribution in [1.82, 2.24) is 19.9 Å². The quantitative estimate of drug-likeness (QED) is 0.929. The van der Waals surface area contributed by atoms with Gasteiger partial charge in [-0.2, -0.15) is 9.90 Å². The maximum absolute atomic E-state index is 12.9. The Morgan fingerprint density at radius 1 is 1.32 bits per heavy atom. The molecule has 2 aromatic rings. The molecule has 1 amide bonds. The third kappa shape index (κ3) is 2.85. The summed E-state index contributed by atoms with van der Waals surface area (Å²) in [6.45, 7) is 1.15. The van der Waals surface area contributed by atoms with Crippen molar-refractivity contribution in [2.75, 3.05) is 13.1 Å². The summed E-state index contributed by atoms with van der Waals surface area (Å²) in [4.78, 5) is 15.7. The van der Waals surface area contributed by atoms with Crippen LogP contribution in [-0.2, 0) is 0 Å². The lowest BCUT2D eigenvalue weighted by Gasteiger charge is -2.34. The van der Waals surface area contributed by atoms with E-state index in [1.54, 1.807) is 17.0 Å². The number of amides is 1. The second kappa shape index (κ2) is 6.23. The van der Waals surface area contributed by atoms with Crippen molar-refractivity contribution < 1.29 is 9.18 Å². The molecule has 0 radical (unpaired) electrons. The van der Waals surface area contributed by atoms with Gasteiger partial charge in [-0.15, -0.1) is 5.10 Å². The van der Waals surface area contributed by atoms with E-state index in [4.69, 9.17) is 5.73 Å². The highest BCUT2D eigenvalue weighted by Crippen LogP contribution is 2.18. The van der Waals surface area contributed by atoms with Crippen LogP contribution in [0.5, 0.6) is 0 Å². The second-order valence-electron chi connectivity index (χ2n) is 5.38. The zero-order valence-corrected chi connectivity index (χ0v) is 12.2. The number of hydrogen-bond acceptors (Lipinski definition) is 4. The monoisotopic (exact) mass is 303 g/mol. The van der Waals surface area contributed by atoms with Gasteiger partial charge < -0.3 is 10.6 Å². The van der Waals surface area contributed by atoms with E-state index in [9.17, 15) is 9.18 Å². The van der Waals surface area contributed by atoms with E-state index in [-0.39, 0.29) is 23.5 Å². The smallest absolute Gasteiger partial charge is 0.276 e. The van der Waals surface area contributed by atoms with Gasteiger partial charge >= 0.3 is 0 Å². The van der Waals surface area contributed by atoms with Crippen LogP contribution in [-0.4, -0.2) is 44.9 Å². The van der Waals surface area contributed by atoms with E-state index >= 15 is 0 Å². The van der Waals surface area contributed by atoms with E-state index < -0.39 is 0 Å². The Balaban J connectivity index is 1.80. The Labute approximate surface area is 127 Å². The Bertz CT molecular complexity index is 654. The highest BCUT2D eigenvalue weighted by atomic mass is 19.1. The molecule has 22 heavy (non-hydrogen) atoms. The minimum Gasteiger partial charge on any atom is -0.333 e. The summed E-state index contributed by atoms with van der Waals surface area (Å²) in [6, 6.07) is 5.85. The van der Waals surface area contributed by atoms with Crippen LogP contribution < -0.4 is 5.73 Å². The van der Waals surface area contributed by atoms with Gasteiger partial charge in [0.2, 0.25) is 0 Å². The van der Waals surface area contributed by atoms with Crippen molar-refractivity contribution in [3.05, 3.63) is 42.0 Å². The van der Waals surface area contributed by atoms with Crippen molar-refractivity contribution in [1.29, 1.82) is 0 Å². The number of nitrogens with two attached hydrogens (primary N) is 1. The average Bonchev–Trinajstić information content (AvgIpc) is 3.05. The first-order valence-electron chi connectivity index (χ1n) is 7.38. The SMILES string of the molecule is NC[C@@H]1CCCCN1C(=O)c1cnn(-c2ccc(F)cc2)n1. The van der Waals surface area contributed by atoms with Gasteiger partial charge in [0.05, 0.1) is 11.9 Å². The predicted octanol–water partition coefficient (Wildman–Crippen LogP) is 1.36. The molecule has 0 bridgehead atoms. The molecule has 1 atom stereocenters. The van der Waals surface area contributed by atoms with Crippen LogP contribution in [0, 0.1) is 5.82 Å². The van der Waals surface area contributed by atoms with Gasteiger partial charge in [0.15, 0.2) is 5.69 Å². The molecule has 1 aliphatic rings. The van der Waals surface area contributed by atoms with Crippen LogP contribution >= 0.6 is 0 Å². The number of nitrogens with zero attached hydrogens (tertiary/aromatic N) is 4. The van der Waals surface area contributed by atoms with Gasteiger partial charge in [-0.1, -0.05) is 0 Å². The summed E-state index contributed by atoms with van der Waals surface area (Å²) in [5, 5.41) is 8.29. The third-order valence-corrected chi connectivity index (χ3v) is 3.93. The van der Waals surface area contributed by atoms with Gasteiger partial charge in [0.25, 0.3) is 5.91 Å². The summed E-state index contributed by atoms with van der Waals surface area (Å²) in [5.41, 5.74) is 6.64. The zero-order chi connectivity index (χ0) is 15.5. The lowest BCUT2D eigenvalue weighted by molar-refractivity contribution is 0.0617. The fourth-order valence-electron chi connectivity index (χ4n) is 2.72. The molecule has 1 aliphatic heterocycles. The first kappa shape index (κ1) is 14.6. The van der Waals surface area contributed by atoms with Gasteiger partial charge in [0.1, 0.15) is 5.82 Å². The fraction of sp³-hybridized carbons (Fsp3) is 0.400. The Hall–Kier alpha value is -2.28. The first-order valence-corrected chi connectivity index (χ1v) is 7.38. The molecule has 2 N–H and O–H groups in total. The van der Waals surface area contributed by atoms with Crippen molar-refractivity contribution in [3.63, 3.8) is 0 Å². The lowest BCUT2D eigenvalue weighted by Crippen LogP contribution is -2.47. The van der Waals surface area contributed by atoms with Crippen LogP contribution in [0.15, 0.2) is 30.5 Å². The van der Waals surface area contributed by atoms with Gasteiger partial charge in [-0.05, 0) is 43.5 Å². The highest BCUT2D eigenvalue weighted by Gasteiger charge is 2.28. The molecular formula is C15H18FN5O. The first-order chi connectivity index (χ1) is 10.7. The Morgan fingerprint density at radius 3 is 2.82 bits per heavy atom. The number of benzene rings is 1. The zero-order valence-electron chi connectivity index (χ0n) is 12.2. The summed E-state index contributed by atoms with van der Waals surface area (Å²) in [6.07, 6.45) is 4.43. The lowest BCUT2D eigenvalue weighted by atomic mass is 10.0. The van der Waals surface area contributed by atoms with E-state index in [0.29, 0.717) is 18.8 Å². The maximum atomic E-state index is 12.9. The van der Waals surface area contributed by atoms with E-state index in [1.165, 1.54) is 23.1 Å². The van der Waals surface area contributed by atoms with Crippen molar-refractivity contribution in [3.8, 4) is 5.69 Å². The van der Waals surface area contributed by atoms with Crippen LogP contribution in [0.1, 0.15) is 29.8 Å². The molecule has 0 unspecified atom stereocenters. The van der Waals surface area contributed by atoms with E-state index in [0.717, 1.165) is 19.3 Å². The molecule has 1 saturated heterocycles. The Kier molecular flexibility index (Phi) is 4.15. The molecular weight excluding hydrogens is 285 g/mol. The highest BCUT2D eigenvalue weighted by molar-refractivity contribution is 5.92. The molecule has 1 fully saturated rings. The third-order valence-electron chi connectivity index (χ3n) is 3.93. The van der Waals surface area contributed by atoms with Crippen LogP contribution in [0.2, 0.25) is 0 Å². The van der Waals surface area contributed by atoms with Crippen LogP contribution in [0.3, 0.4) is 0 Å². The largest absolute Gasteiger partial charge is 0.333 e. The number of rotatable bonds is 3. The molecule has 0 saturated carbocycles. The molecule has 7 heteroatoms. The summed E-state index contributed by atoms with van der Waals surface area (Å²) in [5.74, 6) is -0.477. The minimum absolute atomic E-state index is 0.0669. The number of aromatic nitrogens is 3. The average molecular weight is 303 g/mol. The number of likely N-dealkylation sites (tertiary alicyclic amines) is 1. The molecule has 6 nitrogen and oxygen atoms in total. The molecule has 0 spiro atoms.